The monoisotopic (exact) mass is 207 g/mol. The Morgan fingerprint density at radius 2 is 2.20 bits per heavy atom. The van der Waals surface area contributed by atoms with Crippen LogP contribution in [0.15, 0.2) is 24.3 Å². The van der Waals surface area contributed by atoms with Crippen molar-refractivity contribution in [2.45, 2.75) is 38.8 Å². The van der Waals surface area contributed by atoms with Crippen molar-refractivity contribution in [3.63, 3.8) is 0 Å². The molecule has 0 spiro atoms. The normalized spacial score (nSPS) is 22.5. The first kappa shape index (κ1) is 10.6. The van der Waals surface area contributed by atoms with Crippen molar-refractivity contribution in [1.29, 1.82) is 0 Å². The summed E-state index contributed by atoms with van der Waals surface area (Å²) in [5.41, 5.74) is 1.13. The molecule has 2 rings (SSSR count). The van der Waals surface area contributed by atoms with Crippen molar-refractivity contribution in [2.24, 2.45) is 0 Å². The molecule has 1 aliphatic rings. The molecule has 82 valence electrons. The van der Waals surface area contributed by atoms with E-state index in [1.165, 1.54) is 12.5 Å². The lowest BCUT2D eigenvalue weighted by Gasteiger charge is -2.28. The Morgan fingerprint density at radius 3 is 2.87 bits per heavy atom. The highest BCUT2D eigenvalue weighted by molar-refractivity contribution is 5.21. The van der Waals surface area contributed by atoms with Gasteiger partial charge >= 0.3 is 0 Å². The zero-order valence-electron chi connectivity index (χ0n) is 9.41. The maximum absolute atomic E-state index is 13.1. The molecule has 0 N–H and O–H groups in total. The molecule has 1 fully saturated rings. The predicted molar refractivity (Wildman–Crippen MR) is 60.2 cm³/mol. The van der Waals surface area contributed by atoms with Crippen molar-refractivity contribution in [3.05, 3.63) is 35.6 Å². The molecule has 1 atom stereocenters. The molecule has 0 aromatic heterocycles. The van der Waals surface area contributed by atoms with E-state index >= 15 is 0 Å². The molecule has 0 radical (unpaired) electrons. The minimum atomic E-state index is -0.122. The first-order chi connectivity index (χ1) is 7.18. The minimum Gasteiger partial charge on any atom is -0.294 e. The largest absolute Gasteiger partial charge is 0.294 e. The molecule has 0 unspecified atom stereocenters. The zero-order chi connectivity index (χ0) is 10.8. The van der Waals surface area contributed by atoms with E-state index in [1.807, 2.05) is 12.1 Å². The van der Waals surface area contributed by atoms with E-state index in [1.54, 1.807) is 6.07 Å². The second-order valence-corrected chi connectivity index (χ2v) is 4.54. The summed E-state index contributed by atoms with van der Waals surface area (Å²) in [6, 6.07) is 7.99. The summed E-state index contributed by atoms with van der Waals surface area (Å²) >= 11 is 0. The SMILES string of the molecule is CC(C)N1CCC[C@H]1c1cccc(F)c1. The van der Waals surface area contributed by atoms with E-state index in [-0.39, 0.29) is 5.82 Å². The fourth-order valence-corrected chi connectivity index (χ4v) is 2.48. The highest BCUT2D eigenvalue weighted by Crippen LogP contribution is 2.33. The maximum Gasteiger partial charge on any atom is 0.123 e. The van der Waals surface area contributed by atoms with Gasteiger partial charge < -0.3 is 0 Å². The van der Waals surface area contributed by atoms with E-state index in [0.29, 0.717) is 12.1 Å². The fourth-order valence-electron chi connectivity index (χ4n) is 2.48. The Morgan fingerprint density at radius 1 is 1.40 bits per heavy atom. The van der Waals surface area contributed by atoms with Crippen LogP contribution in [0.5, 0.6) is 0 Å². The topological polar surface area (TPSA) is 3.24 Å². The van der Waals surface area contributed by atoms with Gasteiger partial charge in [0.2, 0.25) is 0 Å². The van der Waals surface area contributed by atoms with Gasteiger partial charge in [-0.3, -0.25) is 4.90 Å². The second kappa shape index (κ2) is 4.31. The van der Waals surface area contributed by atoms with E-state index < -0.39 is 0 Å². The Kier molecular flexibility index (Phi) is 3.06. The first-order valence-corrected chi connectivity index (χ1v) is 5.69. The summed E-state index contributed by atoms with van der Waals surface area (Å²) in [5, 5.41) is 0. The molecule has 0 aliphatic carbocycles. The van der Waals surface area contributed by atoms with Crippen molar-refractivity contribution >= 4 is 0 Å². The summed E-state index contributed by atoms with van der Waals surface area (Å²) in [5.74, 6) is -0.122. The van der Waals surface area contributed by atoms with Crippen molar-refractivity contribution in [1.82, 2.24) is 4.90 Å². The minimum absolute atomic E-state index is 0.122. The maximum atomic E-state index is 13.1. The second-order valence-electron chi connectivity index (χ2n) is 4.54. The number of likely N-dealkylation sites (tertiary alicyclic amines) is 1. The zero-order valence-corrected chi connectivity index (χ0v) is 9.41. The molecule has 0 amide bonds. The van der Waals surface area contributed by atoms with Crippen molar-refractivity contribution in [2.75, 3.05) is 6.54 Å². The molecule has 1 nitrogen and oxygen atoms in total. The number of nitrogens with zero attached hydrogens (tertiary/aromatic N) is 1. The van der Waals surface area contributed by atoms with Gasteiger partial charge in [0, 0.05) is 12.1 Å². The third-order valence-electron chi connectivity index (χ3n) is 3.19. The lowest BCUT2D eigenvalue weighted by molar-refractivity contribution is 0.205. The van der Waals surface area contributed by atoms with E-state index in [2.05, 4.69) is 18.7 Å². The number of hydrogen-bond acceptors (Lipinski definition) is 1. The Bertz CT molecular complexity index is 335. The number of benzene rings is 1. The van der Waals surface area contributed by atoms with Crippen LogP contribution in [0.2, 0.25) is 0 Å². The van der Waals surface area contributed by atoms with Crippen LogP contribution in [0.3, 0.4) is 0 Å². The summed E-state index contributed by atoms with van der Waals surface area (Å²) in [6.45, 7) is 5.55. The van der Waals surface area contributed by atoms with Gasteiger partial charge in [0.1, 0.15) is 5.82 Å². The van der Waals surface area contributed by atoms with Gasteiger partial charge in [-0.05, 0) is 50.9 Å². The van der Waals surface area contributed by atoms with Gasteiger partial charge in [-0.25, -0.2) is 4.39 Å². The molecule has 1 aromatic carbocycles. The summed E-state index contributed by atoms with van der Waals surface area (Å²) in [6.07, 6.45) is 2.38. The van der Waals surface area contributed by atoms with Crippen LogP contribution in [0.1, 0.15) is 38.3 Å². The van der Waals surface area contributed by atoms with Crippen molar-refractivity contribution < 1.29 is 4.39 Å². The fraction of sp³-hybridized carbons (Fsp3) is 0.538. The standard InChI is InChI=1S/C13H18FN/c1-10(2)15-8-4-7-13(15)11-5-3-6-12(14)9-11/h3,5-6,9-10,13H,4,7-8H2,1-2H3/t13-/m0/s1. The number of halogens is 1. The van der Waals surface area contributed by atoms with Gasteiger partial charge in [0.15, 0.2) is 0 Å². The van der Waals surface area contributed by atoms with E-state index in [0.717, 1.165) is 18.5 Å². The molecule has 1 aliphatic heterocycles. The quantitative estimate of drug-likeness (QED) is 0.718. The number of rotatable bonds is 2. The van der Waals surface area contributed by atoms with Gasteiger partial charge in [-0.1, -0.05) is 12.1 Å². The number of hydrogen-bond donors (Lipinski definition) is 0. The Hall–Kier alpha value is -0.890. The van der Waals surface area contributed by atoms with Crippen LogP contribution in [0.4, 0.5) is 4.39 Å². The van der Waals surface area contributed by atoms with Crippen LogP contribution in [-0.4, -0.2) is 17.5 Å². The molecule has 0 bridgehead atoms. The van der Waals surface area contributed by atoms with Gasteiger partial charge in [-0.15, -0.1) is 0 Å². The molecule has 2 heteroatoms. The van der Waals surface area contributed by atoms with Gasteiger partial charge in [0.25, 0.3) is 0 Å². The average Bonchev–Trinajstić information content (AvgIpc) is 2.65. The molecule has 15 heavy (non-hydrogen) atoms. The van der Waals surface area contributed by atoms with Crippen LogP contribution in [0, 0.1) is 5.82 Å². The van der Waals surface area contributed by atoms with Gasteiger partial charge in [-0.2, -0.15) is 0 Å². The molecule has 0 saturated carbocycles. The third kappa shape index (κ3) is 2.20. The molecular formula is C13H18FN. The van der Waals surface area contributed by atoms with Gasteiger partial charge in [0.05, 0.1) is 0 Å². The van der Waals surface area contributed by atoms with Crippen LogP contribution in [0.25, 0.3) is 0 Å². The Labute approximate surface area is 90.9 Å². The smallest absolute Gasteiger partial charge is 0.123 e. The van der Waals surface area contributed by atoms with Crippen LogP contribution < -0.4 is 0 Å². The van der Waals surface area contributed by atoms with Crippen LogP contribution >= 0.6 is 0 Å². The lowest BCUT2D eigenvalue weighted by atomic mass is 10.0. The molecule has 1 aromatic rings. The lowest BCUT2D eigenvalue weighted by Crippen LogP contribution is -2.30. The highest BCUT2D eigenvalue weighted by atomic mass is 19.1. The van der Waals surface area contributed by atoms with E-state index in [9.17, 15) is 4.39 Å². The van der Waals surface area contributed by atoms with Crippen LogP contribution in [-0.2, 0) is 0 Å². The molecule has 1 heterocycles. The molecular weight excluding hydrogens is 189 g/mol. The third-order valence-corrected chi connectivity index (χ3v) is 3.19. The summed E-state index contributed by atoms with van der Waals surface area (Å²) < 4.78 is 13.1. The first-order valence-electron chi connectivity index (χ1n) is 5.69. The van der Waals surface area contributed by atoms with Crippen molar-refractivity contribution in [3.8, 4) is 0 Å². The predicted octanol–water partition coefficient (Wildman–Crippen LogP) is 3.37. The highest BCUT2D eigenvalue weighted by Gasteiger charge is 2.27. The molecule has 1 saturated heterocycles. The Balaban J connectivity index is 2.22. The summed E-state index contributed by atoms with van der Waals surface area (Å²) in [4.78, 5) is 2.45. The van der Waals surface area contributed by atoms with E-state index in [4.69, 9.17) is 0 Å². The summed E-state index contributed by atoms with van der Waals surface area (Å²) in [7, 11) is 0. The average molecular weight is 207 g/mol.